The van der Waals surface area contributed by atoms with E-state index >= 15 is 0 Å². The van der Waals surface area contributed by atoms with Crippen LogP contribution in [0.2, 0.25) is 0 Å². The highest BCUT2D eigenvalue weighted by molar-refractivity contribution is 5.93. The number of aliphatic hydroxyl groups excluding tert-OH is 1. The molecule has 0 saturated carbocycles. The largest absolute Gasteiger partial charge is 0.382 e. The first-order valence-electron chi connectivity index (χ1n) is 8.82. The number of aromatic amines is 1. The number of nitrogens with zero attached hydrogens (tertiary/aromatic N) is 3. The molecule has 7 nitrogen and oxygen atoms in total. The van der Waals surface area contributed by atoms with Crippen LogP contribution in [0.4, 0.5) is 0 Å². The van der Waals surface area contributed by atoms with Gasteiger partial charge in [-0.2, -0.15) is 5.10 Å². The molecule has 1 aliphatic heterocycles. The molecular weight excluding hydrogens is 344 g/mol. The quantitative estimate of drug-likeness (QED) is 0.739. The Morgan fingerprint density at radius 1 is 1.19 bits per heavy atom. The first-order valence-corrected chi connectivity index (χ1v) is 8.82. The van der Waals surface area contributed by atoms with Gasteiger partial charge >= 0.3 is 0 Å². The molecule has 1 aromatic carbocycles. The lowest BCUT2D eigenvalue weighted by molar-refractivity contribution is 0.0704. The molecule has 4 rings (SSSR count). The molecule has 138 valence electrons. The number of benzene rings is 1. The molecule has 1 aliphatic rings. The summed E-state index contributed by atoms with van der Waals surface area (Å²) in [6.45, 7) is 3.10. The molecule has 0 radical (unpaired) electrons. The lowest BCUT2D eigenvalue weighted by Crippen LogP contribution is -2.40. The van der Waals surface area contributed by atoms with Crippen molar-refractivity contribution in [3.63, 3.8) is 0 Å². The van der Waals surface area contributed by atoms with Crippen molar-refractivity contribution in [2.24, 2.45) is 0 Å². The van der Waals surface area contributed by atoms with Crippen LogP contribution in [0.15, 0.2) is 53.3 Å². The van der Waals surface area contributed by atoms with Crippen molar-refractivity contribution >= 4 is 5.91 Å². The third-order valence-corrected chi connectivity index (χ3v) is 4.79. The summed E-state index contributed by atoms with van der Waals surface area (Å²) in [5.41, 5.74) is 2.64. The van der Waals surface area contributed by atoms with E-state index in [1.54, 1.807) is 24.0 Å². The van der Waals surface area contributed by atoms with Gasteiger partial charge in [0.05, 0.1) is 24.5 Å². The van der Waals surface area contributed by atoms with E-state index in [1.807, 2.05) is 41.1 Å². The Bertz CT molecular complexity index is 1040. The van der Waals surface area contributed by atoms with Crippen molar-refractivity contribution < 1.29 is 9.90 Å². The van der Waals surface area contributed by atoms with Crippen LogP contribution in [-0.2, 0) is 13.1 Å². The Morgan fingerprint density at radius 2 is 1.96 bits per heavy atom. The van der Waals surface area contributed by atoms with Gasteiger partial charge in [0.1, 0.15) is 11.7 Å². The number of carbonyl (C=O) groups is 1. The van der Waals surface area contributed by atoms with Gasteiger partial charge in [-0.1, -0.05) is 30.3 Å². The molecule has 7 heteroatoms. The van der Waals surface area contributed by atoms with E-state index in [4.69, 9.17) is 0 Å². The molecule has 2 N–H and O–H groups in total. The summed E-state index contributed by atoms with van der Waals surface area (Å²) in [7, 11) is 0. The molecule has 2 aromatic heterocycles. The molecule has 0 fully saturated rings. The molecule has 1 atom stereocenters. The third-order valence-electron chi connectivity index (χ3n) is 4.79. The van der Waals surface area contributed by atoms with E-state index < -0.39 is 6.10 Å². The molecule has 3 heterocycles. The zero-order valence-corrected chi connectivity index (χ0v) is 14.9. The van der Waals surface area contributed by atoms with Crippen LogP contribution in [-0.4, -0.2) is 37.2 Å². The number of H-pyrrole nitrogens is 1. The molecule has 0 spiro atoms. The molecule has 0 bridgehead atoms. The number of nitrogens with one attached hydrogen (secondary N) is 1. The SMILES string of the molecule is Cc1ccc(C(=O)N2CCn3nc(C(O)c4ccccc4)cc3C2)c(=O)[nH]1. The topological polar surface area (TPSA) is 91.2 Å². The van der Waals surface area contributed by atoms with Crippen LogP contribution in [0.5, 0.6) is 0 Å². The predicted molar refractivity (Wildman–Crippen MR) is 99.3 cm³/mol. The van der Waals surface area contributed by atoms with Crippen molar-refractivity contribution in [3.8, 4) is 0 Å². The standard InChI is InChI=1S/C20H20N4O3/c1-13-7-8-16(19(26)21-13)20(27)23-9-10-24-15(12-23)11-17(22-24)18(25)14-5-3-2-4-6-14/h2-8,11,18,25H,9-10,12H2,1H3,(H,21,26). The minimum atomic E-state index is -0.812. The normalized spacial score (nSPS) is 14.7. The zero-order valence-electron chi connectivity index (χ0n) is 14.9. The fourth-order valence-electron chi connectivity index (χ4n) is 3.31. The van der Waals surface area contributed by atoms with Gasteiger partial charge in [-0.15, -0.1) is 0 Å². The van der Waals surface area contributed by atoms with E-state index in [0.29, 0.717) is 31.0 Å². The molecule has 0 aliphatic carbocycles. The maximum Gasteiger partial charge on any atom is 0.260 e. The number of hydrogen-bond acceptors (Lipinski definition) is 4. The number of carbonyl (C=O) groups excluding carboxylic acids is 1. The van der Waals surface area contributed by atoms with E-state index in [-0.39, 0.29) is 17.0 Å². The second kappa shape index (κ2) is 6.85. The van der Waals surface area contributed by atoms with Crippen LogP contribution in [0.3, 0.4) is 0 Å². The highest BCUT2D eigenvalue weighted by Crippen LogP contribution is 2.24. The number of aliphatic hydroxyl groups is 1. The second-order valence-electron chi connectivity index (χ2n) is 6.71. The Balaban J connectivity index is 1.56. The molecule has 1 amide bonds. The van der Waals surface area contributed by atoms with E-state index in [0.717, 1.165) is 11.3 Å². The van der Waals surface area contributed by atoms with Gasteiger partial charge in [-0.3, -0.25) is 14.3 Å². The van der Waals surface area contributed by atoms with Crippen LogP contribution in [0.25, 0.3) is 0 Å². The summed E-state index contributed by atoms with van der Waals surface area (Å²) in [6.07, 6.45) is -0.812. The van der Waals surface area contributed by atoms with Crippen molar-refractivity contribution in [3.05, 3.63) is 87.1 Å². The van der Waals surface area contributed by atoms with Gasteiger partial charge in [0.25, 0.3) is 11.5 Å². The zero-order chi connectivity index (χ0) is 19.0. The number of amides is 1. The maximum atomic E-state index is 12.7. The Morgan fingerprint density at radius 3 is 2.70 bits per heavy atom. The van der Waals surface area contributed by atoms with Crippen LogP contribution >= 0.6 is 0 Å². The van der Waals surface area contributed by atoms with E-state index in [1.165, 1.54) is 0 Å². The summed E-state index contributed by atoms with van der Waals surface area (Å²) in [5.74, 6) is -0.297. The summed E-state index contributed by atoms with van der Waals surface area (Å²) in [6, 6.07) is 14.4. The van der Waals surface area contributed by atoms with Gasteiger partial charge in [0, 0.05) is 12.2 Å². The predicted octanol–water partition coefficient (Wildman–Crippen LogP) is 1.62. The molecule has 1 unspecified atom stereocenters. The fraction of sp³-hybridized carbons (Fsp3) is 0.250. The molecular formula is C20H20N4O3. The Labute approximate surface area is 155 Å². The highest BCUT2D eigenvalue weighted by Gasteiger charge is 2.26. The molecule has 0 saturated heterocycles. The number of aromatic nitrogens is 3. The Kier molecular flexibility index (Phi) is 4.37. The number of pyridine rings is 1. The average Bonchev–Trinajstić information content (AvgIpc) is 3.11. The number of fused-ring (bicyclic) bond motifs is 1. The summed E-state index contributed by atoms with van der Waals surface area (Å²) >= 11 is 0. The van der Waals surface area contributed by atoms with Gasteiger partial charge < -0.3 is 15.0 Å². The monoisotopic (exact) mass is 364 g/mol. The fourth-order valence-corrected chi connectivity index (χ4v) is 3.31. The van der Waals surface area contributed by atoms with Crippen LogP contribution in [0.1, 0.15) is 39.1 Å². The smallest absolute Gasteiger partial charge is 0.260 e. The number of aryl methyl sites for hydroxylation is 1. The number of rotatable bonds is 3. The van der Waals surface area contributed by atoms with Crippen molar-refractivity contribution in [2.45, 2.75) is 26.1 Å². The minimum Gasteiger partial charge on any atom is -0.382 e. The minimum absolute atomic E-state index is 0.137. The highest BCUT2D eigenvalue weighted by atomic mass is 16.3. The molecule has 3 aromatic rings. The lowest BCUT2D eigenvalue weighted by atomic mass is 10.1. The van der Waals surface area contributed by atoms with Gasteiger partial charge in [-0.25, -0.2) is 0 Å². The summed E-state index contributed by atoms with van der Waals surface area (Å²) in [5, 5.41) is 15.0. The van der Waals surface area contributed by atoms with Crippen molar-refractivity contribution in [1.29, 1.82) is 0 Å². The first-order chi connectivity index (χ1) is 13.0. The van der Waals surface area contributed by atoms with Crippen molar-refractivity contribution in [2.75, 3.05) is 6.54 Å². The summed E-state index contributed by atoms with van der Waals surface area (Å²) < 4.78 is 1.81. The average molecular weight is 364 g/mol. The van der Waals surface area contributed by atoms with Gasteiger partial charge in [0.2, 0.25) is 0 Å². The van der Waals surface area contributed by atoms with Crippen LogP contribution in [0, 0.1) is 6.92 Å². The van der Waals surface area contributed by atoms with Gasteiger partial charge in [0.15, 0.2) is 0 Å². The third kappa shape index (κ3) is 3.29. The van der Waals surface area contributed by atoms with E-state index in [2.05, 4.69) is 10.1 Å². The van der Waals surface area contributed by atoms with Crippen molar-refractivity contribution in [1.82, 2.24) is 19.7 Å². The molecule has 27 heavy (non-hydrogen) atoms. The van der Waals surface area contributed by atoms with E-state index in [9.17, 15) is 14.7 Å². The first kappa shape index (κ1) is 17.2. The lowest BCUT2D eigenvalue weighted by Gasteiger charge is -2.27. The Hall–Kier alpha value is -3.19. The summed E-state index contributed by atoms with van der Waals surface area (Å²) in [4.78, 5) is 29.1. The maximum absolute atomic E-state index is 12.7. The van der Waals surface area contributed by atoms with Crippen LogP contribution < -0.4 is 5.56 Å². The number of hydrogen-bond donors (Lipinski definition) is 2. The second-order valence-corrected chi connectivity index (χ2v) is 6.71. The van der Waals surface area contributed by atoms with Gasteiger partial charge in [-0.05, 0) is 30.7 Å².